The van der Waals surface area contributed by atoms with E-state index in [-0.39, 0.29) is 5.88 Å². The number of aromatic hydroxyl groups is 1. The number of hydrogen-bond donors (Lipinski definition) is 1. The maximum absolute atomic E-state index is 10.3. The van der Waals surface area contributed by atoms with Crippen molar-refractivity contribution in [3.05, 3.63) is 44.4 Å². The molecule has 1 aromatic carbocycles. The van der Waals surface area contributed by atoms with Crippen LogP contribution < -0.4 is 10.6 Å². The highest BCUT2D eigenvalue weighted by Gasteiger charge is 2.12. The summed E-state index contributed by atoms with van der Waals surface area (Å²) in [6, 6.07) is 4.33. The number of rotatable bonds is 5. The van der Waals surface area contributed by atoms with Gasteiger partial charge in [0, 0.05) is 13.1 Å². The predicted octanol–water partition coefficient (Wildman–Crippen LogP) is 3.30. The van der Waals surface area contributed by atoms with Crippen molar-refractivity contribution in [2.45, 2.75) is 39.2 Å². The number of benzene rings is 1. The van der Waals surface area contributed by atoms with E-state index in [2.05, 4.69) is 34.7 Å². The third kappa shape index (κ3) is 3.59. The lowest BCUT2D eigenvalue weighted by Crippen LogP contribution is -2.25. The lowest BCUT2D eigenvalue weighted by molar-refractivity contribution is 0.419. The van der Waals surface area contributed by atoms with Crippen molar-refractivity contribution in [1.82, 2.24) is 4.57 Å². The van der Waals surface area contributed by atoms with Crippen LogP contribution in [0.15, 0.2) is 21.5 Å². The van der Waals surface area contributed by atoms with Crippen molar-refractivity contribution in [3.8, 4) is 5.88 Å². The number of aryl methyl sites for hydroxylation is 2. The first-order chi connectivity index (χ1) is 11.6. The fraction of sp³-hybridized carbons (Fsp3) is 0.444. The summed E-state index contributed by atoms with van der Waals surface area (Å²) in [7, 11) is 0. The fourth-order valence-corrected chi connectivity index (χ4v) is 3.80. The molecule has 0 atom stereocenters. The molecule has 1 aliphatic rings. The first kappa shape index (κ1) is 17.7. The number of oxazole rings is 1. The molecule has 24 heavy (non-hydrogen) atoms. The van der Waals surface area contributed by atoms with Gasteiger partial charge in [0.2, 0.25) is 5.88 Å². The number of halogens is 1. The van der Waals surface area contributed by atoms with Gasteiger partial charge in [-0.25, -0.2) is 0 Å². The topological polar surface area (TPSA) is 50.7 Å². The summed E-state index contributed by atoms with van der Waals surface area (Å²) < 4.78 is 8.28. The van der Waals surface area contributed by atoms with Crippen LogP contribution in [0.2, 0.25) is 0 Å². The molecule has 0 amide bonds. The van der Waals surface area contributed by atoms with Gasteiger partial charge in [0.25, 0.3) is 4.84 Å². The minimum absolute atomic E-state index is 0.0960. The maximum Gasteiger partial charge on any atom is 0.272 e. The van der Waals surface area contributed by atoms with Crippen LogP contribution in [-0.2, 0) is 19.4 Å². The number of nitrogens with zero attached hydrogens (tertiary/aromatic N) is 2. The van der Waals surface area contributed by atoms with Crippen LogP contribution in [0.25, 0.3) is 6.08 Å². The van der Waals surface area contributed by atoms with E-state index in [4.69, 9.17) is 21.6 Å². The van der Waals surface area contributed by atoms with Crippen molar-refractivity contribution < 1.29 is 9.52 Å². The van der Waals surface area contributed by atoms with Crippen LogP contribution in [0.5, 0.6) is 5.88 Å². The van der Waals surface area contributed by atoms with E-state index < -0.39 is 0 Å². The zero-order valence-electron chi connectivity index (χ0n) is 13.7. The Morgan fingerprint density at radius 3 is 3.00 bits per heavy atom. The molecule has 0 bridgehead atoms. The van der Waals surface area contributed by atoms with Gasteiger partial charge < -0.3 is 9.52 Å². The Balaban J connectivity index is 2.13. The first-order valence-electron chi connectivity index (χ1n) is 8.30. The van der Waals surface area contributed by atoms with Crippen molar-refractivity contribution in [2.75, 3.05) is 11.0 Å². The molecule has 0 fully saturated rings. The molecule has 3 rings (SSSR count). The van der Waals surface area contributed by atoms with Crippen LogP contribution in [-0.4, -0.2) is 20.6 Å². The zero-order chi connectivity index (χ0) is 17.1. The highest BCUT2D eigenvalue weighted by Crippen LogP contribution is 2.21. The average molecular weight is 456 g/mol. The van der Waals surface area contributed by atoms with Crippen molar-refractivity contribution in [1.29, 1.82) is 0 Å². The highest BCUT2D eigenvalue weighted by molar-refractivity contribution is 14.1. The van der Waals surface area contributed by atoms with E-state index in [1.165, 1.54) is 16.5 Å². The van der Waals surface area contributed by atoms with Gasteiger partial charge in [0.1, 0.15) is 0 Å². The van der Waals surface area contributed by atoms with Crippen LogP contribution in [0.4, 0.5) is 0 Å². The van der Waals surface area contributed by atoms with Gasteiger partial charge in [-0.15, -0.1) is 0 Å². The third-order valence-corrected chi connectivity index (χ3v) is 5.32. The Hall–Kier alpha value is -1.15. The van der Waals surface area contributed by atoms with E-state index in [0.29, 0.717) is 17.1 Å². The van der Waals surface area contributed by atoms with E-state index >= 15 is 0 Å². The minimum atomic E-state index is 0.0960. The standard InChI is InChI=1S/C18H21IN2O2S/c1-2-21-17(22)15(23-18(21)24)11-12-9-13(5-3-7-19)16-14(10-12)6-4-8-20-16/h9-11,22H,2-8H2,1H3. The van der Waals surface area contributed by atoms with Crippen LogP contribution in [0.1, 0.15) is 36.7 Å². The highest BCUT2D eigenvalue weighted by atomic mass is 127. The van der Waals surface area contributed by atoms with E-state index in [0.717, 1.165) is 41.9 Å². The quantitative estimate of drug-likeness (QED) is 0.427. The van der Waals surface area contributed by atoms with Crippen LogP contribution in [0, 0.1) is 4.84 Å². The van der Waals surface area contributed by atoms with Gasteiger partial charge in [-0.05, 0) is 83.8 Å². The number of hydrogen-bond acceptors (Lipinski definition) is 4. The molecule has 1 aromatic heterocycles. The summed E-state index contributed by atoms with van der Waals surface area (Å²) in [6.45, 7) is 3.44. The summed E-state index contributed by atoms with van der Waals surface area (Å²) in [4.78, 5) is 5.04. The smallest absolute Gasteiger partial charge is 0.272 e. The molecule has 2 heterocycles. The molecule has 0 radical (unpaired) electrons. The lowest BCUT2D eigenvalue weighted by Gasteiger charge is -2.12. The average Bonchev–Trinajstić information content (AvgIpc) is 2.85. The van der Waals surface area contributed by atoms with E-state index in [1.54, 1.807) is 4.57 Å². The Labute approximate surface area is 160 Å². The summed E-state index contributed by atoms with van der Waals surface area (Å²) in [5.74, 6) is 0.521. The molecular formula is C18H21IN2O2S. The summed E-state index contributed by atoms with van der Waals surface area (Å²) in [5, 5.41) is 12.5. The third-order valence-electron chi connectivity index (χ3n) is 4.25. The second kappa shape index (κ2) is 7.82. The van der Waals surface area contributed by atoms with Gasteiger partial charge in [0.15, 0.2) is 5.76 Å². The maximum atomic E-state index is 10.3. The van der Waals surface area contributed by atoms with Gasteiger partial charge >= 0.3 is 0 Å². The lowest BCUT2D eigenvalue weighted by atomic mass is 9.98. The number of fused-ring (bicyclic) bond motifs is 1. The van der Waals surface area contributed by atoms with Crippen molar-refractivity contribution >= 4 is 40.9 Å². The molecule has 0 saturated carbocycles. The summed E-state index contributed by atoms with van der Waals surface area (Å²) in [5.41, 5.74) is 2.59. The molecule has 2 aromatic rings. The molecule has 0 saturated heterocycles. The fourth-order valence-electron chi connectivity index (χ4n) is 3.11. The SMILES string of the molecule is CCn1c(O)c(C=c2cc(CCCI)c3c(c2)CCCN=3)oc1=S. The van der Waals surface area contributed by atoms with Crippen molar-refractivity contribution in [3.63, 3.8) is 0 Å². The Kier molecular flexibility index (Phi) is 5.76. The number of alkyl halides is 1. The zero-order valence-corrected chi connectivity index (χ0v) is 16.7. The van der Waals surface area contributed by atoms with Crippen LogP contribution >= 0.6 is 34.8 Å². The number of aromatic nitrogens is 1. The van der Waals surface area contributed by atoms with E-state index in [1.807, 2.05) is 13.0 Å². The van der Waals surface area contributed by atoms with Crippen LogP contribution in [0.3, 0.4) is 0 Å². The van der Waals surface area contributed by atoms with Gasteiger partial charge in [-0.1, -0.05) is 22.6 Å². The molecule has 1 aliphatic heterocycles. The minimum Gasteiger partial charge on any atom is -0.492 e. The largest absolute Gasteiger partial charge is 0.492 e. The molecule has 0 aliphatic carbocycles. The van der Waals surface area contributed by atoms with Crippen molar-refractivity contribution in [2.24, 2.45) is 4.99 Å². The summed E-state index contributed by atoms with van der Waals surface area (Å²) in [6.07, 6.45) is 6.20. The molecule has 4 nitrogen and oxygen atoms in total. The Bertz CT molecular complexity index is 914. The van der Waals surface area contributed by atoms with Gasteiger partial charge in [0.05, 0.1) is 5.36 Å². The predicted molar refractivity (Wildman–Crippen MR) is 106 cm³/mol. The second-order valence-corrected chi connectivity index (χ2v) is 7.34. The normalized spacial score (nSPS) is 14.5. The molecular weight excluding hydrogens is 435 g/mol. The van der Waals surface area contributed by atoms with Gasteiger partial charge in [-0.3, -0.25) is 9.56 Å². The molecule has 0 spiro atoms. The Morgan fingerprint density at radius 1 is 1.46 bits per heavy atom. The molecule has 128 valence electrons. The summed E-state index contributed by atoms with van der Waals surface area (Å²) >= 11 is 7.57. The van der Waals surface area contributed by atoms with Gasteiger partial charge in [-0.2, -0.15) is 0 Å². The second-order valence-electron chi connectivity index (χ2n) is 5.91. The molecule has 0 unspecified atom stereocenters. The first-order valence-corrected chi connectivity index (χ1v) is 10.2. The molecule has 6 heteroatoms. The monoisotopic (exact) mass is 456 g/mol. The Morgan fingerprint density at radius 2 is 2.29 bits per heavy atom. The molecule has 1 N–H and O–H groups in total. The van der Waals surface area contributed by atoms with E-state index in [9.17, 15) is 5.11 Å².